The molecule has 1 atom stereocenters. The molecule has 2 aliphatic heterocycles. The lowest BCUT2D eigenvalue weighted by Crippen LogP contribution is -2.50. The number of fused-ring (bicyclic) bond motifs is 2. The number of carboxylic acids is 1. The first-order valence-electron chi connectivity index (χ1n) is 7.95. The van der Waals surface area contributed by atoms with Gasteiger partial charge in [0.15, 0.2) is 0 Å². The molecular formula is C16H23N3O4. The number of hydrogen-bond donors (Lipinski definition) is 1. The number of carbonyl (C=O) groups is 2. The number of rotatable bonds is 1. The van der Waals surface area contributed by atoms with Gasteiger partial charge in [-0.15, -0.1) is 0 Å². The fourth-order valence-electron chi connectivity index (χ4n) is 3.72. The first-order chi connectivity index (χ1) is 10.7. The average Bonchev–Trinajstić information content (AvgIpc) is 3.00. The van der Waals surface area contributed by atoms with Gasteiger partial charge in [0.2, 0.25) is 0 Å². The quantitative estimate of drug-likeness (QED) is 0.853. The monoisotopic (exact) mass is 321 g/mol. The molecular weight excluding hydrogens is 298 g/mol. The summed E-state index contributed by atoms with van der Waals surface area (Å²) in [6, 6.07) is 0. The van der Waals surface area contributed by atoms with Gasteiger partial charge in [-0.05, 0) is 33.6 Å². The van der Waals surface area contributed by atoms with Crippen molar-refractivity contribution in [2.45, 2.75) is 51.2 Å². The van der Waals surface area contributed by atoms with Crippen molar-refractivity contribution in [1.29, 1.82) is 0 Å². The van der Waals surface area contributed by atoms with Crippen LogP contribution in [0.25, 0.3) is 0 Å². The van der Waals surface area contributed by atoms with E-state index < -0.39 is 22.9 Å². The second-order valence-corrected chi connectivity index (χ2v) is 7.42. The topological polar surface area (TPSA) is 84.7 Å². The highest BCUT2D eigenvalue weighted by Gasteiger charge is 2.53. The van der Waals surface area contributed by atoms with Gasteiger partial charge in [0.05, 0.1) is 5.92 Å². The number of nitrogens with zero attached hydrogens (tertiary/aromatic N) is 3. The lowest BCUT2D eigenvalue weighted by Gasteiger charge is -2.40. The fourth-order valence-corrected chi connectivity index (χ4v) is 3.72. The number of carbonyl (C=O) groups excluding carboxylic acids is 1. The standard InChI is InChI=1S/C16H23N3O4/c1-15(2,3)23-14(22)18-7-4-16(5-8-18)11(12(20)21)10-19-9-6-17-13(16)19/h6,9,11H,4-5,7-8,10H2,1-3H3,(H,20,21)/t11-/m1/s1. The molecule has 3 heterocycles. The van der Waals surface area contributed by atoms with Crippen molar-refractivity contribution in [3.8, 4) is 0 Å². The molecule has 0 saturated carbocycles. The van der Waals surface area contributed by atoms with E-state index in [1.807, 2.05) is 31.5 Å². The minimum atomic E-state index is -0.791. The van der Waals surface area contributed by atoms with Gasteiger partial charge in [0.25, 0.3) is 0 Å². The van der Waals surface area contributed by atoms with Crippen LogP contribution < -0.4 is 0 Å². The zero-order chi connectivity index (χ0) is 16.8. The first-order valence-corrected chi connectivity index (χ1v) is 7.95. The number of likely N-dealkylation sites (tertiary alicyclic amines) is 1. The smallest absolute Gasteiger partial charge is 0.410 e. The van der Waals surface area contributed by atoms with Gasteiger partial charge in [0, 0.05) is 37.4 Å². The van der Waals surface area contributed by atoms with Crippen LogP contribution in [0.1, 0.15) is 39.4 Å². The van der Waals surface area contributed by atoms with E-state index in [1.165, 1.54) is 0 Å². The van der Waals surface area contributed by atoms with Gasteiger partial charge in [-0.3, -0.25) is 4.79 Å². The van der Waals surface area contributed by atoms with E-state index in [-0.39, 0.29) is 6.09 Å². The Morgan fingerprint density at radius 1 is 1.35 bits per heavy atom. The summed E-state index contributed by atoms with van der Waals surface area (Å²) < 4.78 is 7.34. The summed E-state index contributed by atoms with van der Waals surface area (Å²) in [7, 11) is 0. The maximum Gasteiger partial charge on any atom is 0.410 e. The van der Waals surface area contributed by atoms with Gasteiger partial charge in [-0.25, -0.2) is 9.78 Å². The van der Waals surface area contributed by atoms with Crippen LogP contribution in [-0.2, 0) is 21.5 Å². The molecule has 0 aromatic carbocycles. The Labute approximate surface area is 135 Å². The van der Waals surface area contributed by atoms with E-state index >= 15 is 0 Å². The zero-order valence-corrected chi connectivity index (χ0v) is 13.8. The number of amides is 1. The fraction of sp³-hybridized carbons (Fsp3) is 0.688. The molecule has 3 rings (SSSR count). The molecule has 1 aromatic heterocycles. The van der Waals surface area contributed by atoms with Gasteiger partial charge in [-0.1, -0.05) is 0 Å². The van der Waals surface area contributed by atoms with E-state index in [0.29, 0.717) is 32.5 Å². The third-order valence-corrected chi connectivity index (χ3v) is 4.81. The van der Waals surface area contributed by atoms with Crippen molar-refractivity contribution in [3.05, 3.63) is 18.2 Å². The summed E-state index contributed by atoms with van der Waals surface area (Å²) in [5, 5.41) is 9.60. The predicted molar refractivity (Wildman–Crippen MR) is 82.1 cm³/mol. The molecule has 1 N–H and O–H groups in total. The molecule has 0 unspecified atom stereocenters. The molecule has 1 spiro atoms. The van der Waals surface area contributed by atoms with Crippen LogP contribution in [-0.4, -0.2) is 50.3 Å². The molecule has 0 radical (unpaired) electrons. The van der Waals surface area contributed by atoms with E-state index in [2.05, 4.69) is 4.98 Å². The second kappa shape index (κ2) is 5.25. The highest BCUT2D eigenvalue weighted by molar-refractivity contribution is 5.73. The number of aliphatic carboxylic acids is 1. The Balaban J connectivity index is 1.76. The van der Waals surface area contributed by atoms with E-state index in [1.54, 1.807) is 11.1 Å². The molecule has 2 aliphatic rings. The van der Waals surface area contributed by atoms with Gasteiger partial charge >= 0.3 is 12.1 Å². The minimum Gasteiger partial charge on any atom is -0.481 e. The van der Waals surface area contributed by atoms with E-state index in [0.717, 1.165) is 5.82 Å². The highest BCUT2D eigenvalue weighted by Crippen LogP contribution is 2.46. The van der Waals surface area contributed by atoms with Crippen LogP contribution >= 0.6 is 0 Å². The number of ether oxygens (including phenoxy) is 1. The van der Waals surface area contributed by atoms with Crippen LogP contribution in [0.5, 0.6) is 0 Å². The maximum absolute atomic E-state index is 12.2. The number of hydrogen-bond acceptors (Lipinski definition) is 4. The van der Waals surface area contributed by atoms with Gasteiger partial charge < -0.3 is 19.3 Å². The van der Waals surface area contributed by atoms with Crippen LogP contribution in [0, 0.1) is 5.92 Å². The Morgan fingerprint density at radius 2 is 2.00 bits per heavy atom. The van der Waals surface area contributed by atoms with Crippen LogP contribution in [0.15, 0.2) is 12.4 Å². The summed E-state index contributed by atoms with van der Waals surface area (Å²) in [6.07, 6.45) is 4.41. The Hall–Kier alpha value is -2.05. The highest BCUT2D eigenvalue weighted by atomic mass is 16.6. The largest absolute Gasteiger partial charge is 0.481 e. The van der Waals surface area contributed by atoms with E-state index in [4.69, 9.17) is 4.74 Å². The van der Waals surface area contributed by atoms with Crippen LogP contribution in [0.3, 0.4) is 0 Å². The van der Waals surface area contributed by atoms with Crippen LogP contribution in [0.4, 0.5) is 4.79 Å². The number of piperidine rings is 1. The molecule has 1 amide bonds. The van der Waals surface area contributed by atoms with Crippen molar-refractivity contribution in [3.63, 3.8) is 0 Å². The summed E-state index contributed by atoms with van der Waals surface area (Å²) in [5.74, 6) is -0.429. The van der Waals surface area contributed by atoms with Crippen molar-refractivity contribution in [2.75, 3.05) is 13.1 Å². The Bertz CT molecular complexity index is 624. The second-order valence-electron chi connectivity index (χ2n) is 7.42. The molecule has 1 fully saturated rings. The molecule has 1 aromatic rings. The Kier molecular flexibility index (Phi) is 3.61. The van der Waals surface area contributed by atoms with Crippen LogP contribution in [0.2, 0.25) is 0 Å². The predicted octanol–water partition coefficient (Wildman–Crippen LogP) is 1.87. The molecule has 7 heteroatoms. The minimum absolute atomic E-state index is 0.333. The first kappa shape index (κ1) is 15.8. The lowest BCUT2D eigenvalue weighted by molar-refractivity contribution is -0.145. The lowest BCUT2D eigenvalue weighted by atomic mass is 9.70. The normalized spacial score (nSPS) is 22.9. The van der Waals surface area contributed by atoms with Crippen molar-refractivity contribution >= 4 is 12.1 Å². The summed E-state index contributed by atoms with van der Waals surface area (Å²) in [4.78, 5) is 30.0. The summed E-state index contributed by atoms with van der Waals surface area (Å²) >= 11 is 0. The SMILES string of the molecule is CC(C)(C)OC(=O)N1CCC2(CC1)c1nccn1C[C@@H]2C(=O)O. The number of aromatic nitrogens is 2. The summed E-state index contributed by atoms with van der Waals surface area (Å²) in [5.41, 5.74) is -1.01. The maximum atomic E-state index is 12.2. The number of imidazole rings is 1. The van der Waals surface area contributed by atoms with Gasteiger partial charge in [0.1, 0.15) is 11.4 Å². The molecule has 7 nitrogen and oxygen atoms in total. The molecule has 0 bridgehead atoms. The summed E-state index contributed by atoms with van der Waals surface area (Å²) in [6.45, 7) is 6.95. The van der Waals surface area contributed by atoms with Gasteiger partial charge in [-0.2, -0.15) is 0 Å². The third-order valence-electron chi connectivity index (χ3n) is 4.81. The average molecular weight is 321 g/mol. The van der Waals surface area contributed by atoms with Crippen molar-refractivity contribution < 1.29 is 19.4 Å². The molecule has 126 valence electrons. The molecule has 0 aliphatic carbocycles. The Morgan fingerprint density at radius 3 is 2.57 bits per heavy atom. The van der Waals surface area contributed by atoms with Crippen molar-refractivity contribution in [1.82, 2.24) is 14.5 Å². The number of carboxylic acid groups (broad SMARTS) is 1. The third kappa shape index (κ3) is 2.68. The van der Waals surface area contributed by atoms with E-state index in [9.17, 15) is 14.7 Å². The molecule has 1 saturated heterocycles. The molecule has 23 heavy (non-hydrogen) atoms. The van der Waals surface area contributed by atoms with Crippen molar-refractivity contribution in [2.24, 2.45) is 5.92 Å². The zero-order valence-electron chi connectivity index (χ0n) is 13.8.